The first-order chi connectivity index (χ1) is 6.56. The molecule has 3 atom stereocenters. The van der Waals surface area contributed by atoms with Gasteiger partial charge in [-0.3, -0.25) is 0 Å². The van der Waals surface area contributed by atoms with Gasteiger partial charge < -0.3 is 10.4 Å². The fourth-order valence-electron chi connectivity index (χ4n) is 2.52. The molecule has 0 bridgehead atoms. The van der Waals surface area contributed by atoms with Crippen LogP contribution >= 0.6 is 0 Å². The van der Waals surface area contributed by atoms with E-state index in [1.54, 1.807) is 0 Å². The van der Waals surface area contributed by atoms with Crippen LogP contribution in [0.3, 0.4) is 0 Å². The quantitative estimate of drug-likeness (QED) is 0.727. The Bertz CT molecular complexity index is 168. The number of hydrogen-bond donors (Lipinski definition) is 2. The van der Waals surface area contributed by atoms with Gasteiger partial charge in [0.2, 0.25) is 0 Å². The van der Waals surface area contributed by atoms with Gasteiger partial charge in [-0.1, -0.05) is 26.7 Å². The molecule has 2 N–H and O–H groups in total. The lowest BCUT2D eigenvalue weighted by Crippen LogP contribution is -2.45. The van der Waals surface area contributed by atoms with E-state index in [-0.39, 0.29) is 0 Å². The minimum absolute atomic E-state index is 0.491. The van der Waals surface area contributed by atoms with Crippen LogP contribution < -0.4 is 5.32 Å². The van der Waals surface area contributed by atoms with Crippen LogP contribution in [0.1, 0.15) is 46.5 Å². The zero-order valence-corrected chi connectivity index (χ0v) is 9.84. The number of hydrogen-bond acceptors (Lipinski definition) is 2. The number of rotatable bonds is 4. The molecule has 3 unspecified atom stereocenters. The van der Waals surface area contributed by atoms with Gasteiger partial charge in [-0.25, -0.2) is 0 Å². The lowest BCUT2D eigenvalue weighted by atomic mass is 9.74. The molecule has 0 heterocycles. The van der Waals surface area contributed by atoms with E-state index in [4.69, 9.17) is 0 Å². The van der Waals surface area contributed by atoms with Crippen LogP contribution in [0.15, 0.2) is 0 Å². The Hall–Kier alpha value is -0.0800. The molecule has 0 aromatic rings. The predicted octanol–water partition coefficient (Wildman–Crippen LogP) is 2.17. The summed E-state index contributed by atoms with van der Waals surface area (Å²) in [7, 11) is 0. The first-order valence-electron chi connectivity index (χ1n) is 5.99. The van der Waals surface area contributed by atoms with Crippen molar-refractivity contribution in [3.05, 3.63) is 0 Å². The fraction of sp³-hybridized carbons (Fsp3) is 1.00. The third-order valence-corrected chi connectivity index (χ3v) is 3.55. The van der Waals surface area contributed by atoms with E-state index in [9.17, 15) is 5.11 Å². The molecule has 0 aromatic carbocycles. The van der Waals surface area contributed by atoms with Gasteiger partial charge in [-0.15, -0.1) is 0 Å². The van der Waals surface area contributed by atoms with Crippen LogP contribution in [-0.4, -0.2) is 23.8 Å². The van der Waals surface area contributed by atoms with Gasteiger partial charge in [0, 0.05) is 6.54 Å². The molecule has 1 fully saturated rings. The van der Waals surface area contributed by atoms with Gasteiger partial charge in [0.15, 0.2) is 0 Å². The first kappa shape index (κ1) is 12.0. The molecule has 0 aromatic heterocycles. The minimum Gasteiger partial charge on any atom is -0.389 e. The third-order valence-electron chi connectivity index (χ3n) is 3.55. The molecule has 0 amide bonds. The largest absolute Gasteiger partial charge is 0.389 e. The Labute approximate surface area is 88.1 Å². The molecule has 2 heteroatoms. The second-order valence-electron chi connectivity index (χ2n) is 5.11. The lowest BCUT2D eigenvalue weighted by molar-refractivity contribution is -0.0225. The second-order valence-corrected chi connectivity index (χ2v) is 5.11. The topological polar surface area (TPSA) is 32.3 Å². The number of aliphatic hydroxyl groups is 1. The molecule has 2 nitrogen and oxygen atoms in total. The summed E-state index contributed by atoms with van der Waals surface area (Å²) in [5.41, 5.74) is -0.509. The summed E-state index contributed by atoms with van der Waals surface area (Å²) < 4.78 is 0. The highest BCUT2D eigenvalue weighted by atomic mass is 16.3. The predicted molar refractivity (Wildman–Crippen MR) is 60.3 cm³/mol. The van der Waals surface area contributed by atoms with Crippen LogP contribution in [0.5, 0.6) is 0 Å². The Morgan fingerprint density at radius 3 is 2.71 bits per heavy atom. The van der Waals surface area contributed by atoms with Gasteiger partial charge in [0.05, 0.1) is 5.60 Å². The van der Waals surface area contributed by atoms with Crippen molar-refractivity contribution in [3.8, 4) is 0 Å². The molecule has 14 heavy (non-hydrogen) atoms. The highest BCUT2D eigenvalue weighted by molar-refractivity contribution is 4.87. The van der Waals surface area contributed by atoms with Gasteiger partial charge in [-0.2, -0.15) is 0 Å². The maximum absolute atomic E-state index is 10.3. The maximum atomic E-state index is 10.3. The summed E-state index contributed by atoms with van der Waals surface area (Å²) in [6.07, 6.45) is 5.02. The monoisotopic (exact) mass is 199 g/mol. The molecule has 0 aliphatic heterocycles. The average molecular weight is 199 g/mol. The maximum Gasteiger partial charge on any atom is 0.0771 e. The standard InChI is InChI=1S/C12H25NO/c1-4-13-9-12(3,14)11-7-5-6-10(2)8-11/h10-11,13-14H,4-9H2,1-3H3. The van der Waals surface area contributed by atoms with E-state index in [1.165, 1.54) is 25.7 Å². The molecule has 1 saturated carbocycles. The van der Waals surface area contributed by atoms with Gasteiger partial charge in [0.1, 0.15) is 0 Å². The number of nitrogens with one attached hydrogen (secondary N) is 1. The zero-order chi connectivity index (χ0) is 10.6. The van der Waals surface area contributed by atoms with E-state index < -0.39 is 5.60 Å². The summed E-state index contributed by atoms with van der Waals surface area (Å²) in [5, 5.41) is 13.6. The van der Waals surface area contributed by atoms with Gasteiger partial charge >= 0.3 is 0 Å². The highest BCUT2D eigenvalue weighted by Gasteiger charge is 2.34. The van der Waals surface area contributed by atoms with Crippen molar-refractivity contribution in [2.45, 2.75) is 52.1 Å². The molecule has 1 aliphatic carbocycles. The van der Waals surface area contributed by atoms with Crippen LogP contribution in [0.25, 0.3) is 0 Å². The van der Waals surface area contributed by atoms with E-state index >= 15 is 0 Å². The van der Waals surface area contributed by atoms with Crippen molar-refractivity contribution >= 4 is 0 Å². The number of likely N-dealkylation sites (N-methyl/N-ethyl adjacent to an activating group) is 1. The van der Waals surface area contributed by atoms with Crippen molar-refractivity contribution in [2.75, 3.05) is 13.1 Å². The molecule has 0 radical (unpaired) electrons. The van der Waals surface area contributed by atoms with Crippen LogP contribution in [0.2, 0.25) is 0 Å². The lowest BCUT2D eigenvalue weighted by Gasteiger charge is -2.38. The summed E-state index contributed by atoms with van der Waals surface area (Å²) in [6.45, 7) is 8.05. The zero-order valence-electron chi connectivity index (χ0n) is 9.84. The SMILES string of the molecule is CCNCC(C)(O)C1CCCC(C)C1. The van der Waals surface area contributed by atoms with Gasteiger partial charge in [-0.05, 0) is 38.1 Å². The molecular formula is C12H25NO. The van der Waals surface area contributed by atoms with Gasteiger partial charge in [0.25, 0.3) is 0 Å². The summed E-state index contributed by atoms with van der Waals surface area (Å²) >= 11 is 0. The molecule has 84 valence electrons. The molecule has 1 aliphatic rings. The Morgan fingerprint density at radius 1 is 1.43 bits per heavy atom. The highest BCUT2D eigenvalue weighted by Crippen LogP contribution is 2.35. The van der Waals surface area contributed by atoms with E-state index in [1.807, 2.05) is 6.92 Å². The molecular weight excluding hydrogens is 174 g/mol. The van der Waals surface area contributed by atoms with E-state index in [0.717, 1.165) is 19.0 Å². The summed E-state index contributed by atoms with van der Waals surface area (Å²) in [4.78, 5) is 0. The minimum atomic E-state index is -0.509. The Balaban J connectivity index is 2.43. The van der Waals surface area contributed by atoms with E-state index in [0.29, 0.717) is 5.92 Å². The van der Waals surface area contributed by atoms with Crippen molar-refractivity contribution in [1.29, 1.82) is 0 Å². The molecule has 1 rings (SSSR count). The second kappa shape index (κ2) is 5.13. The van der Waals surface area contributed by atoms with Crippen molar-refractivity contribution < 1.29 is 5.11 Å². The summed E-state index contributed by atoms with van der Waals surface area (Å²) in [5.74, 6) is 1.28. The van der Waals surface area contributed by atoms with Crippen molar-refractivity contribution in [2.24, 2.45) is 11.8 Å². The van der Waals surface area contributed by atoms with Crippen LogP contribution in [0, 0.1) is 11.8 Å². The normalized spacial score (nSPS) is 32.6. The fourth-order valence-corrected chi connectivity index (χ4v) is 2.52. The third kappa shape index (κ3) is 3.25. The molecule has 0 saturated heterocycles. The van der Waals surface area contributed by atoms with Crippen molar-refractivity contribution in [1.82, 2.24) is 5.32 Å². The Kier molecular flexibility index (Phi) is 4.39. The average Bonchev–Trinajstić information content (AvgIpc) is 2.15. The summed E-state index contributed by atoms with van der Waals surface area (Å²) in [6, 6.07) is 0. The van der Waals surface area contributed by atoms with Crippen molar-refractivity contribution in [3.63, 3.8) is 0 Å². The van der Waals surface area contributed by atoms with Crippen LogP contribution in [0.4, 0.5) is 0 Å². The van der Waals surface area contributed by atoms with Crippen LogP contribution in [-0.2, 0) is 0 Å². The van der Waals surface area contributed by atoms with E-state index in [2.05, 4.69) is 19.2 Å². The molecule has 0 spiro atoms. The smallest absolute Gasteiger partial charge is 0.0771 e. The Morgan fingerprint density at radius 2 is 2.14 bits per heavy atom. The first-order valence-corrected chi connectivity index (χ1v) is 5.99.